The highest BCUT2D eigenvalue weighted by atomic mass is 16.6. The number of ether oxygens (including phenoxy) is 3. The van der Waals surface area contributed by atoms with E-state index in [0.717, 1.165) is 6.20 Å². The first-order valence-electron chi connectivity index (χ1n) is 6.50. The van der Waals surface area contributed by atoms with Crippen molar-refractivity contribution in [2.45, 2.75) is 20.8 Å². The van der Waals surface area contributed by atoms with Crippen molar-refractivity contribution in [3.8, 4) is 17.2 Å². The molecule has 1 aromatic rings. The van der Waals surface area contributed by atoms with Gasteiger partial charge < -0.3 is 14.2 Å². The molecule has 0 radical (unpaired) electrons. The van der Waals surface area contributed by atoms with Crippen LogP contribution in [0.25, 0.3) is 6.08 Å². The first-order valence-corrected chi connectivity index (χ1v) is 6.50. The fraction of sp³-hybridized carbons (Fsp3) is 0.429. The molecule has 0 aliphatic rings. The lowest BCUT2D eigenvalue weighted by Gasteiger charge is -2.15. The maximum atomic E-state index is 10.4. The number of rotatable bonds is 8. The molecule has 1 rings (SSSR count). The van der Waals surface area contributed by atoms with Crippen molar-refractivity contribution in [3.05, 3.63) is 34.0 Å². The summed E-state index contributed by atoms with van der Waals surface area (Å²) in [6.45, 7) is 7.01. The zero-order valence-electron chi connectivity index (χ0n) is 11.9. The van der Waals surface area contributed by atoms with Gasteiger partial charge in [-0.25, -0.2) is 0 Å². The third-order valence-corrected chi connectivity index (χ3v) is 2.35. The molecular formula is C14H19NO5. The van der Waals surface area contributed by atoms with E-state index in [9.17, 15) is 10.1 Å². The number of nitrogens with zero attached hydrogens (tertiary/aromatic N) is 1. The predicted octanol–water partition coefficient (Wildman–Crippen LogP) is 3.13. The zero-order chi connectivity index (χ0) is 15.0. The Labute approximate surface area is 118 Å². The van der Waals surface area contributed by atoms with Gasteiger partial charge in [0.05, 0.1) is 24.7 Å². The summed E-state index contributed by atoms with van der Waals surface area (Å²) in [5, 5.41) is 10.4. The van der Waals surface area contributed by atoms with Gasteiger partial charge in [-0.3, -0.25) is 10.1 Å². The number of nitro groups is 1. The molecule has 0 spiro atoms. The molecular weight excluding hydrogens is 262 g/mol. The van der Waals surface area contributed by atoms with Crippen LogP contribution in [0.15, 0.2) is 18.3 Å². The molecule has 0 fully saturated rings. The predicted molar refractivity (Wildman–Crippen MR) is 76.0 cm³/mol. The highest BCUT2D eigenvalue weighted by molar-refractivity contribution is 5.63. The molecule has 0 aliphatic heterocycles. The van der Waals surface area contributed by atoms with Crippen LogP contribution in [-0.2, 0) is 0 Å². The topological polar surface area (TPSA) is 70.8 Å². The fourth-order valence-electron chi connectivity index (χ4n) is 1.65. The molecule has 1 aromatic carbocycles. The molecule has 0 N–H and O–H groups in total. The Hall–Kier alpha value is -2.24. The fourth-order valence-corrected chi connectivity index (χ4v) is 1.65. The van der Waals surface area contributed by atoms with Gasteiger partial charge in [-0.05, 0) is 26.8 Å². The van der Waals surface area contributed by atoms with Crippen molar-refractivity contribution in [2.24, 2.45) is 0 Å². The van der Waals surface area contributed by atoms with Gasteiger partial charge in [0.15, 0.2) is 11.5 Å². The highest BCUT2D eigenvalue weighted by Gasteiger charge is 2.12. The lowest BCUT2D eigenvalue weighted by atomic mass is 10.1. The van der Waals surface area contributed by atoms with E-state index in [1.165, 1.54) is 6.08 Å². The van der Waals surface area contributed by atoms with E-state index >= 15 is 0 Å². The Bertz CT molecular complexity index is 485. The van der Waals surface area contributed by atoms with E-state index in [-0.39, 0.29) is 0 Å². The summed E-state index contributed by atoms with van der Waals surface area (Å²) in [4.78, 5) is 9.92. The van der Waals surface area contributed by atoms with Crippen LogP contribution in [0.2, 0.25) is 0 Å². The smallest absolute Gasteiger partial charge is 0.235 e. The largest absolute Gasteiger partial charge is 0.493 e. The molecule has 6 nitrogen and oxygen atoms in total. The molecule has 0 saturated heterocycles. The van der Waals surface area contributed by atoms with Crippen LogP contribution in [0.1, 0.15) is 26.3 Å². The molecule has 0 atom stereocenters. The molecule has 0 heterocycles. The van der Waals surface area contributed by atoms with Gasteiger partial charge in [0.25, 0.3) is 0 Å². The minimum atomic E-state index is -0.521. The van der Waals surface area contributed by atoms with Crippen LogP contribution in [0.3, 0.4) is 0 Å². The molecule has 110 valence electrons. The van der Waals surface area contributed by atoms with Crippen LogP contribution in [0.5, 0.6) is 17.2 Å². The van der Waals surface area contributed by atoms with Crippen molar-refractivity contribution in [1.82, 2.24) is 0 Å². The summed E-state index contributed by atoms with van der Waals surface area (Å²) in [6.07, 6.45) is 2.25. The molecule has 0 amide bonds. The minimum absolute atomic E-state index is 0.457. The van der Waals surface area contributed by atoms with E-state index in [4.69, 9.17) is 14.2 Å². The summed E-state index contributed by atoms with van der Waals surface area (Å²) in [7, 11) is 0. The van der Waals surface area contributed by atoms with Crippen LogP contribution in [0.4, 0.5) is 0 Å². The van der Waals surface area contributed by atoms with Crippen molar-refractivity contribution >= 4 is 6.08 Å². The second kappa shape index (κ2) is 8.04. The normalized spacial score (nSPS) is 10.6. The summed E-state index contributed by atoms with van der Waals surface area (Å²) in [5.74, 6) is 1.63. The lowest BCUT2D eigenvalue weighted by Crippen LogP contribution is -2.01. The Morgan fingerprint density at radius 1 is 1.00 bits per heavy atom. The van der Waals surface area contributed by atoms with E-state index < -0.39 is 4.92 Å². The number of benzene rings is 1. The van der Waals surface area contributed by atoms with Crippen LogP contribution >= 0.6 is 0 Å². The average molecular weight is 281 g/mol. The van der Waals surface area contributed by atoms with Gasteiger partial charge in [-0.15, -0.1) is 0 Å². The van der Waals surface area contributed by atoms with E-state index in [1.54, 1.807) is 12.1 Å². The summed E-state index contributed by atoms with van der Waals surface area (Å²) < 4.78 is 16.5. The third-order valence-electron chi connectivity index (χ3n) is 2.35. The van der Waals surface area contributed by atoms with Crippen LogP contribution in [-0.4, -0.2) is 24.7 Å². The van der Waals surface area contributed by atoms with Gasteiger partial charge in [0.2, 0.25) is 6.20 Å². The lowest BCUT2D eigenvalue weighted by molar-refractivity contribution is -0.400. The minimum Gasteiger partial charge on any atom is -0.493 e. The Balaban J connectivity index is 3.24. The molecule has 0 aromatic heterocycles. The quantitative estimate of drug-likeness (QED) is 0.540. The standard InChI is InChI=1S/C14H19NO5/c1-4-18-12-10-14(20-6-3)13(19-5-2)9-11(12)7-8-15(16)17/h7-10H,4-6H2,1-3H3. The van der Waals surface area contributed by atoms with E-state index in [0.29, 0.717) is 42.6 Å². The SMILES string of the molecule is CCOc1cc(OCC)c(OCC)cc1C=C[N+](=O)[O-]. The van der Waals surface area contributed by atoms with E-state index in [2.05, 4.69) is 0 Å². The third kappa shape index (κ3) is 4.46. The molecule has 0 saturated carbocycles. The second-order valence-electron chi connectivity index (χ2n) is 3.74. The number of hydrogen-bond acceptors (Lipinski definition) is 5. The summed E-state index contributed by atoms with van der Waals surface area (Å²) >= 11 is 0. The van der Waals surface area contributed by atoms with Gasteiger partial charge >= 0.3 is 0 Å². The first-order chi connectivity index (χ1) is 9.62. The zero-order valence-corrected chi connectivity index (χ0v) is 11.9. The van der Waals surface area contributed by atoms with Crippen molar-refractivity contribution in [3.63, 3.8) is 0 Å². The van der Waals surface area contributed by atoms with Crippen molar-refractivity contribution < 1.29 is 19.1 Å². The monoisotopic (exact) mass is 281 g/mol. The average Bonchev–Trinajstić information content (AvgIpc) is 2.40. The highest BCUT2D eigenvalue weighted by Crippen LogP contribution is 2.36. The second-order valence-corrected chi connectivity index (χ2v) is 3.74. The molecule has 0 aliphatic carbocycles. The van der Waals surface area contributed by atoms with Crippen molar-refractivity contribution in [1.29, 1.82) is 0 Å². The Morgan fingerprint density at radius 3 is 2.00 bits per heavy atom. The van der Waals surface area contributed by atoms with Gasteiger partial charge in [-0.1, -0.05) is 0 Å². The maximum Gasteiger partial charge on any atom is 0.235 e. The van der Waals surface area contributed by atoms with Crippen LogP contribution < -0.4 is 14.2 Å². The van der Waals surface area contributed by atoms with Crippen molar-refractivity contribution in [2.75, 3.05) is 19.8 Å². The molecule has 0 bridgehead atoms. The summed E-state index contributed by atoms with van der Waals surface area (Å²) in [6, 6.07) is 3.37. The summed E-state index contributed by atoms with van der Waals surface area (Å²) in [5.41, 5.74) is 0.579. The Morgan fingerprint density at radius 2 is 1.50 bits per heavy atom. The maximum absolute atomic E-state index is 10.4. The van der Waals surface area contributed by atoms with Gasteiger partial charge in [0.1, 0.15) is 5.75 Å². The molecule has 6 heteroatoms. The number of hydrogen-bond donors (Lipinski definition) is 0. The molecule has 0 unspecified atom stereocenters. The van der Waals surface area contributed by atoms with E-state index in [1.807, 2.05) is 20.8 Å². The Kier molecular flexibility index (Phi) is 6.36. The van der Waals surface area contributed by atoms with Crippen LogP contribution in [0, 0.1) is 10.1 Å². The van der Waals surface area contributed by atoms with Gasteiger partial charge in [0, 0.05) is 17.7 Å². The molecule has 20 heavy (non-hydrogen) atoms. The van der Waals surface area contributed by atoms with Gasteiger partial charge in [-0.2, -0.15) is 0 Å². The first kappa shape index (κ1) is 15.8.